The van der Waals surface area contributed by atoms with Crippen molar-refractivity contribution in [2.45, 2.75) is 6.92 Å². The van der Waals surface area contributed by atoms with Gasteiger partial charge in [-0.15, -0.1) is 0 Å². The number of aryl methyl sites for hydroxylation is 1. The van der Waals surface area contributed by atoms with Gasteiger partial charge in [0.25, 0.3) is 5.91 Å². The summed E-state index contributed by atoms with van der Waals surface area (Å²) in [6.07, 6.45) is 1.46. The molecule has 0 atom stereocenters. The van der Waals surface area contributed by atoms with E-state index in [1.807, 2.05) is 13.0 Å². The Balaban J connectivity index is 2.28. The van der Waals surface area contributed by atoms with Gasteiger partial charge in [-0.1, -0.05) is 23.7 Å². The molecule has 2 aromatic rings. The number of carbonyl (C=O) groups is 1. The van der Waals surface area contributed by atoms with E-state index in [2.05, 4.69) is 15.3 Å². The Kier molecular flexibility index (Phi) is 3.43. The second-order valence-electron chi connectivity index (χ2n) is 3.70. The van der Waals surface area contributed by atoms with Crippen molar-refractivity contribution in [3.05, 3.63) is 46.7 Å². The van der Waals surface area contributed by atoms with Gasteiger partial charge >= 0.3 is 0 Å². The van der Waals surface area contributed by atoms with Crippen LogP contribution in [0.1, 0.15) is 15.9 Å². The highest BCUT2D eigenvalue weighted by Gasteiger charge is 2.13. The highest BCUT2D eigenvalue weighted by molar-refractivity contribution is 6.29. The topological polar surface area (TPSA) is 80.9 Å². The number of nitrogens with zero attached hydrogens (tertiary/aromatic N) is 2. The number of benzene rings is 1. The standard InChI is InChI=1S/C12H11ClN4O/c1-7-3-2-4-8(14)10(7)11(18)17-12-15-6-5-9(13)16-12/h2-6H,14H2,1H3,(H,15,16,17,18). The number of carbonyl (C=O) groups excluding carboxylic acids is 1. The zero-order chi connectivity index (χ0) is 13.1. The SMILES string of the molecule is Cc1cccc(N)c1C(=O)Nc1nccc(Cl)n1. The van der Waals surface area contributed by atoms with Crippen molar-refractivity contribution in [3.63, 3.8) is 0 Å². The van der Waals surface area contributed by atoms with E-state index >= 15 is 0 Å². The van der Waals surface area contributed by atoms with Gasteiger partial charge in [0, 0.05) is 11.9 Å². The van der Waals surface area contributed by atoms with Gasteiger partial charge in [-0.3, -0.25) is 10.1 Å². The van der Waals surface area contributed by atoms with Gasteiger partial charge < -0.3 is 5.73 Å². The Bertz CT molecular complexity index is 580. The molecule has 5 nitrogen and oxygen atoms in total. The second-order valence-corrected chi connectivity index (χ2v) is 4.08. The summed E-state index contributed by atoms with van der Waals surface area (Å²) in [7, 11) is 0. The number of amides is 1. The van der Waals surface area contributed by atoms with E-state index < -0.39 is 0 Å². The number of nitrogens with two attached hydrogens (primary N) is 1. The predicted octanol–water partition coefficient (Wildman–Crippen LogP) is 2.27. The molecule has 0 bridgehead atoms. The summed E-state index contributed by atoms with van der Waals surface area (Å²) in [5.41, 5.74) is 7.39. The van der Waals surface area contributed by atoms with Crippen molar-refractivity contribution < 1.29 is 4.79 Å². The molecule has 18 heavy (non-hydrogen) atoms. The van der Waals surface area contributed by atoms with E-state index in [9.17, 15) is 4.79 Å². The molecule has 1 heterocycles. The third-order valence-corrected chi connectivity index (χ3v) is 2.59. The Hall–Kier alpha value is -2.14. The van der Waals surface area contributed by atoms with Gasteiger partial charge in [0.1, 0.15) is 5.15 Å². The number of hydrogen-bond donors (Lipinski definition) is 2. The van der Waals surface area contributed by atoms with Crippen molar-refractivity contribution in [1.82, 2.24) is 9.97 Å². The largest absolute Gasteiger partial charge is 0.398 e. The molecule has 0 radical (unpaired) electrons. The zero-order valence-corrected chi connectivity index (χ0v) is 10.4. The zero-order valence-electron chi connectivity index (χ0n) is 9.64. The number of nitrogen functional groups attached to an aromatic ring is 1. The van der Waals surface area contributed by atoms with Gasteiger partial charge in [-0.05, 0) is 24.6 Å². The highest BCUT2D eigenvalue weighted by Crippen LogP contribution is 2.17. The molecule has 92 valence electrons. The van der Waals surface area contributed by atoms with Crippen LogP contribution in [-0.2, 0) is 0 Å². The minimum absolute atomic E-state index is 0.148. The fourth-order valence-electron chi connectivity index (χ4n) is 1.56. The Labute approximate surface area is 109 Å². The third-order valence-electron chi connectivity index (χ3n) is 2.38. The van der Waals surface area contributed by atoms with Crippen LogP contribution in [0.25, 0.3) is 0 Å². The summed E-state index contributed by atoms with van der Waals surface area (Å²) in [5, 5.41) is 2.82. The minimum Gasteiger partial charge on any atom is -0.398 e. The van der Waals surface area contributed by atoms with Crippen molar-refractivity contribution in [1.29, 1.82) is 0 Å². The second kappa shape index (κ2) is 5.01. The summed E-state index contributed by atoms with van der Waals surface area (Å²) in [6.45, 7) is 1.81. The lowest BCUT2D eigenvalue weighted by atomic mass is 10.1. The van der Waals surface area contributed by atoms with Crippen LogP contribution in [-0.4, -0.2) is 15.9 Å². The van der Waals surface area contributed by atoms with Gasteiger partial charge in [-0.25, -0.2) is 9.97 Å². The van der Waals surface area contributed by atoms with Crippen LogP contribution >= 0.6 is 11.6 Å². The first kappa shape index (κ1) is 12.3. The molecular weight excluding hydrogens is 252 g/mol. The predicted molar refractivity (Wildman–Crippen MR) is 70.6 cm³/mol. The third kappa shape index (κ3) is 2.57. The van der Waals surface area contributed by atoms with Gasteiger partial charge in [0.2, 0.25) is 5.95 Å². The molecule has 6 heteroatoms. The Morgan fingerprint density at radius 1 is 1.39 bits per heavy atom. The van der Waals surface area contributed by atoms with Crippen LogP contribution in [0.2, 0.25) is 5.15 Å². The molecule has 0 saturated heterocycles. The van der Waals surface area contributed by atoms with Crippen LogP contribution in [0.4, 0.5) is 11.6 Å². The summed E-state index contributed by atoms with van der Waals surface area (Å²) in [4.78, 5) is 19.8. The fraction of sp³-hybridized carbons (Fsp3) is 0.0833. The van der Waals surface area contributed by atoms with Gasteiger partial charge in [-0.2, -0.15) is 0 Å². The fourth-order valence-corrected chi connectivity index (χ4v) is 1.70. The lowest BCUT2D eigenvalue weighted by Crippen LogP contribution is -2.17. The van der Waals surface area contributed by atoms with Crippen molar-refractivity contribution in [2.24, 2.45) is 0 Å². The molecule has 3 N–H and O–H groups in total. The summed E-state index contributed by atoms with van der Waals surface area (Å²) < 4.78 is 0. The number of nitrogens with one attached hydrogen (secondary N) is 1. The lowest BCUT2D eigenvalue weighted by Gasteiger charge is -2.08. The molecule has 1 amide bonds. The Morgan fingerprint density at radius 3 is 2.83 bits per heavy atom. The van der Waals surface area contributed by atoms with Gasteiger partial charge in [0.05, 0.1) is 5.56 Å². The number of aromatic nitrogens is 2. The normalized spacial score (nSPS) is 10.1. The van der Waals surface area contributed by atoms with Crippen LogP contribution in [0, 0.1) is 6.92 Å². The average molecular weight is 263 g/mol. The molecule has 2 rings (SSSR count). The molecule has 1 aromatic carbocycles. The first-order valence-electron chi connectivity index (χ1n) is 5.23. The van der Waals surface area contributed by atoms with Crippen LogP contribution < -0.4 is 11.1 Å². The quantitative estimate of drug-likeness (QED) is 0.643. The number of hydrogen-bond acceptors (Lipinski definition) is 4. The summed E-state index contributed by atoms with van der Waals surface area (Å²) in [6, 6.07) is 6.79. The molecule has 0 aliphatic carbocycles. The molecule has 0 unspecified atom stereocenters. The van der Waals surface area contributed by atoms with Gasteiger partial charge in [0.15, 0.2) is 0 Å². The molecule has 0 aliphatic heterocycles. The maximum atomic E-state index is 12.1. The van der Waals surface area contributed by atoms with Crippen molar-refractivity contribution in [2.75, 3.05) is 11.1 Å². The van der Waals surface area contributed by atoms with E-state index in [0.29, 0.717) is 11.3 Å². The van der Waals surface area contributed by atoms with Crippen molar-refractivity contribution >= 4 is 29.1 Å². The van der Waals surface area contributed by atoms with E-state index in [-0.39, 0.29) is 17.0 Å². The first-order chi connectivity index (χ1) is 8.58. The monoisotopic (exact) mass is 262 g/mol. The first-order valence-corrected chi connectivity index (χ1v) is 5.60. The minimum atomic E-state index is -0.354. The molecule has 1 aromatic heterocycles. The number of anilines is 2. The average Bonchev–Trinajstić information content (AvgIpc) is 2.28. The van der Waals surface area contributed by atoms with Crippen LogP contribution in [0.3, 0.4) is 0 Å². The lowest BCUT2D eigenvalue weighted by molar-refractivity contribution is 0.102. The maximum Gasteiger partial charge on any atom is 0.260 e. The molecule has 0 saturated carbocycles. The number of halogens is 1. The van der Waals surface area contributed by atoms with E-state index in [1.54, 1.807) is 12.1 Å². The van der Waals surface area contributed by atoms with Crippen LogP contribution in [0.15, 0.2) is 30.5 Å². The Morgan fingerprint density at radius 2 is 2.17 bits per heavy atom. The molecule has 0 spiro atoms. The molecule has 0 fully saturated rings. The number of rotatable bonds is 2. The summed E-state index contributed by atoms with van der Waals surface area (Å²) in [5.74, 6) is -0.206. The van der Waals surface area contributed by atoms with Crippen LogP contribution in [0.5, 0.6) is 0 Å². The summed E-state index contributed by atoms with van der Waals surface area (Å²) >= 11 is 5.71. The van der Waals surface area contributed by atoms with E-state index in [0.717, 1.165) is 5.56 Å². The molecular formula is C12H11ClN4O. The maximum absolute atomic E-state index is 12.1. The highest BCUT2D eigenvalue weighted by atomic mass is 35.5. The van der Waals surface area contributed by atoms with E-state index in [4.69, 9.17) is 17.3 Å². The molecule has 0 aliphatic rings. The smallest absolute Gasteiger partial charge is 0.260 e. The van der Waals surface area contributed by atoms with Crippen molar-refractivity contribution in [3.8, 4) is 0 Å². The van der Waals surface area contributed by atoms with E-state index in [1.165, 1.54) is 12.3 Å².